The monoisotopic (exact) mass is 421 g/mol. The predicted molar refractivity (Wildman–Crippen MR) is 115 cm³/mol. The van der Waals surface area contributed by atoms with Gasteiger partial charge in [-0.3, -0.25) is 9.69 Å². The van der Waals surface area contributed by atoms with Crippen molar-refractivity contribution >= 4 is 11.6 Å². The molecule has 0 aromatic heterocycles. The number of ether oxygens (including phenoxy) is 4. The molecule has 0 unspecified atom stereocenters. The zero-order valence-electron chi connectivity index (χ0n) is 17.4. The van der Waals surface area contributed by atoms with E-state index in [2.05, 4.69) is 0 Å². The first kappa shape index (κ1) is 20.4. The van der Waals surface area contributed by atoms with Crippen LogP contribution in [-0.4, -0.2) is 38.4 Å². The second-order valence-corrected chi connectivity index (χ2v) is 6.98. The number of rotatable bonds is 7. The van der Waals surface area contributed by atoms with Crippen LogP contribution in [0.5, 0.6) is 28.7 Å². The van der Waals surface area contributed by atoms with Gasteiger partial charge in [0.05, 0.1) is 27.0 Å². The van der Waals surface area contributed by atoms with Crippen molar-refractivity contribution in [3.63, 3.8) is 0 Å². The molecule has 2 atom stereocenters. The van der Waals surface area contributed by atoms with Gasteiger partial charge in [0, 0.05) is 12.1 Å². The van der Waals surface area contributed by atoms with Crippen LogP contribution in [0.2, 0.25) is 0 Å². The fraction of sp³-hybridized carbons (Fsp3) is 0.208. The van der Waals surface area contributed by atoms with Crippen molar-refractivity contribution in [2.45, 2.75) is 12.1 Å². The first-order valence-electron chi connectivity index (χ1n) is 9.71. The summed E-state index contributed by atoms with van der Waals surface area (Å²) in [5, 5.41) is 10.0. The van der Waals surface area contributed by atoms with Crippen LogP contribution in [0, 0.1) is 0 Å². The summed E-state index contributed by atoms with van der Waals surface area (Å²) in [6.07, 6.45) is -0.747. The van der Waals surface area contributed by atoms with E-state index >= 15 is 0 Å². The van der Waals surface area contributed by atoms with E-state index in [1.807, 2.05) is 24.3 Å². The third-order valence-corrected chi connectivity index (χ3v) is 5.19. The maximum Gasteiger partial charge on any atom is 0.271 e. The van der Waals surface area contributed by atoms with E-state index in [4.69, 9.17) is 18.9 Å². The number of phenols is 1. The van der Waals surface area contributed by atoms with Gasteiger partial charge >= 0.3 is 0 Å². The minimum Gasteiger partial charge on any atom is -0.508 e. The molecular weight excluding hydrogens is 398 g/mol. The largest absolute Gasteiger partial charge is 0.508 e. The minimum absolute atomic E-state index is 0.111. The molecule has 3 aromatic rings. The van der Waals surface area contributed by atoms with Gasteiger partial charge in [-0.05, 0) is 29.8 Å². The number of methoxy groups -OCH3 is 3. The van der Waals surface area contributed by atoms with Crippen molar-refractivity contribution in [2.75, 3.05) is 26.2 Å². The smallest absolute Gasteiger partial charge is 0.271 e. The standard InChI is InChI=1S/C24H23NO6/c1-28-19-13-16(14-20(29-2)22(19)30-3)25-21(15-8-7-9-17(26)12-15)23(24(25)27)31-18-10-5-4-6-11-18/h4-14,21,23,26H,1-3H3/t21-,23+/m1/s1. The van der Waals surface area contributed by atoms with Crippen molar-refractivity contribution in [3.8, 4) is 28.7 Å². The average molecular weight is 421 g/mol. The number of amides is 1. The van der Waals surface area contributed by atoms with E-state index in [0.717, 1.165) is 5.56 Å². The molecule has 1 amide bonds. The number of aromatic hydroxyl groups is 1. The van der Waals surface area contributed by atoms with E-state index in [9.17, 15) is 9.90 Å². The van der Waals surface area contributed by atoms with Gasteiger partial charge in [-0.1, -0.05) is 30.3 Å². The molecule has 0 bridgehead atoms. The molecule has 1 fully saturated rings. The molecule has 0 radical (unpaired) electrons. The maximum atomic E-state index is 13.2. The first-order chi connectivity index (χ1) is 15.1. The Hall–Kier alpha value is -3.87. The highest BCUT2D eigenvalue weighted by molar-refractivity contribution is 6.05. The highest BCUT2D eigenvalue weighted by atomic mass is 16.5. The Morgan fingerprint density at radius 3 is 2.10 bits per heavy atom. The third kappa shape index (κ3) is 3.70. The van der Waals surface area contributed by atoms with E-state index in [0.29, 0.717) is 28.7 Å². The Bertz CT molecular complexity index is 1060. The summed E-state index contributed by atoms with van der Waals surface area (Å²) in [7, 11) is 4.56. The van der Waals surface area contributed by atoms with Crippen molar-refractivity contribution < 1.29 is 28.8 Å². The van der Waals surface area contributed by atoms with E-state index in [1.54, 1.807) is 47.4 Å². The highest BCUT2D eigenvalue weighted by Crippen LogP contribution is 2.47. The van der Waals surface area contributed by atoms with Crippen LogP contribution >= 0.6 is 0 Å². The number of β-lactam (4-membered cyclic amide) rings is 1. The van der Waals surface area contributed by atoms with E-state index in [1.165, 1.54) is 21.3 Å². The van der Waals surface area contributed by atoms with Gasteiger partial charge < -0.3 is 24.1 Å². The van der Waals surface area contributed by atoms with E-state index < -0.39 is 12.1 Å². The number of benzene rings is 3. The minimum atomic E-state index is -0.747. The maximum absolute atomic E-state index is 13.2. The number of phenolic OH excluding ortho intramolecular Hbond substituents is 1. The molecule has 1 saturated heterocycles. The van der Waals surface area contributed by atoms with Crippen molar-refractivity contribution in [1.82, 2.24) is 0 Å². The molecule has 160 valence electrons. The molecule has 0 aliphatic carbocycles. The predicted octanol–water partition coefficient (Wildman–Crippen LogP) is 3.95. The Morgan fingerprint density at radius 2 is 1.52 bits per heavy atom. The number of nitrogens with zero attached hydrogens (tertiary/aromatic N) is 1. The van der Waals surface area contributed by atoms with Crippen LogP contribution in [0.4, 0.5) is 5.69 Å². The number of para-hydroxylation sites is 1. The molecule has 1 heterocycles. The molecule has 7 nitrogen and oxygen atoms in total. The lowest BCUT2D eigenvalue weighted by molar-refractivity contribution is -0.135. The van der Waals surface area contributed by atoms with Gasteiger partial charge in [-0.2, -0.15) is 0 Å². The van der Waals surface area contributed by atoms with Crippen LogP contribution in [0.3, 0.4) is 0 Å². The second-order valence-electron chi connectivity index (χ2n) is 6.98. The zero-order chi connectivity index (χ0) is 22.0. The van der Waals surface area contributed by atoms with Crippen LogP contribution < -0.4 is 23.8 Å². The molecule has 0 saturated carbocycles. The zero-order valence-corrected chi connectivity index (χ0v) is 17.4. The summed E-state index contributed by atoms with van der Waals surface area (Å²) in [5.74, 6) is 1.80. The summed E-state index contributed by atoms with van der Waals surface area (Å²) in [4.78, 5) is 14.8. The lowest BCUT2D eigenvalue weighted by atomic mass is 9.89. The Morgan fingerprint density at radius 1 is 0.839 bits per heavy atom. The molecule has 7 heteroatoms. The topological polar surface area (TPSA) is 77.5 Å². The molecule has 1 aliphatic heterocycles. The van der Waals surface area contributed by atoms with Crippen LogP contribution in [0.25, 0.3) is 0 Å². The quantitative estimate of drug-likeness (QED) is 0.582. The second kappa shape index (κ2) is 8.47. The van der Waals surface area contributed by atoms with Gasteiger partial charge in [-0.15, -0.1) is 0 Å². The normalized spacial score (nSPS) is 17.6. The van der Waals surface area contributed by atoms with Crippen LogP contribution in [-0.2, 0) is 4.79 Å². The van der Waals surface area contributed by atoms with Gasteiger partial charge in [0.25, 0.3) is 5.91 Å². The van der Waals surface area contributed by atoms with Gasteiger partial charge in [-0.25, -0.2) is 0 Å². The summed E-state index contributed by atoms with van der Waals surface area (Å²) in [6.45, 7) is 0. The van der Waals surface area contributed by atoms with Crippen molar-refractivity contribution in [1.29, 1.82) is 0 Å². The molecule has 4 rings (SSSR count). The lowest BCUT2D eigenvalue weighted by Gasteiger charge is -2.46. The molecule has 1 N–H and O–H groups in total. The SMILES string of the molecule is COc1cc(N2C(=O)[C@@H](Oc3ccccc3)[C@H]2c2cccc(O)c2)cc(OC)c1OC. The molecular formula is C24H23NO6. The number of hydrogen-bond acceptors (Lipinski definition) is 6. The van der Waals surface area contributed by atoms with Gasteiger partial charge in [0.15, 0.2) is 11.5 Å². The fourth-order valence-electron chi connectivity index (χ4n) is 3.75. The first-order valence-corrected chi connectivity index (χ1v) is 9.71. The number of anilines is 1. The summed E-state index contributed by atoms with van der Waals surface area (Å²) < 4.78 is 22.3. The van der Waals surface area contributed by atoms with Crippen LogP contribution in [0.1, 0.15) is 11.6 Å². The number of carbonyl (C=O) groups excluding carboxylic acids is 1. The van der Waals surface area contributed by atoms with Gasteiger partial charge in [0.1, 0.15) is 17.5 Å². The highest BCUT2D eigenvalue weighted by Gasteiger charge is 2.51. The summed E-state index contributed by atoms with van der Waals surface area (Å²) in [5.41, 5.74) is 1.31. The van der Waals surface area contributed by atoms with E-state index in [-0.39, 0.29) is 11.7 Å². The molecule has 0 spiro atoms. The van der Waals surface area contributed by atoms with Gasteiger partial charge in [0.2, 0.25) is 11.9 Å². The number of hydrogen-bond donors (Lipinski definition) is 1. The fourth-order valence-corrected chi connectivity index (χ4v) is 3.75. The van der Waals surface area contributed by atoms with Crippen LogP contribution in [0.15, 0.2) is 66.7 Å². The van der Waals surface area contributed by atoms with Crippen molar-refractivity contribution in [2.24, 2.45) is 0 Å². The molecule has 31 heavy (non-hydrogen) atoms. The third-order valence-electron chi connectivity index (χ3n) is 5.19. The van der Waals surface area contributed by atoms with Crippen molar-refractivity contribution in [3.05, 3.63) is 72.3 Å². The number of carbonyl (C=O) groups is 1. The summed E-state index contributed by atoms with van der Waals surface area (Å²) in [6, 6.07) is 18.9. The Balaban J connectivity index is 1.77. The molecule has 1 aliphatic rings. The Labute approximate surface area is 180 Å². The molecule has 3 aromatic carbocycles. The lowest BCUT2D eigenvalue weighted by Crippen LogP contribution is -2.61. The average Bonchev–Trinajstić information content (AvgIpc) is 2.80. The summed E-state index contributed by atoms with van der Waals surface area (Å²) >= 11 is 0. The Kier molecular flexibility index (Phi) is 5.58.